The van der Waals surface area contributed by atoms with Gasteiger partial charge in [0.25, 0.3) is 0 Å². The van der Waals surface area contributed by atoms with E-state index in [-0.39, 0.29) is 40.3 Å². The minimum Gasteiger partial charge on any atom is -0.394 e. The van der Waals surface area contributed by atoms with Crippen LogP contribution in [-0.2, 0) is 14.4 Å². The summed E-state index contributed by atoms with van der Waals surface area (Å²) >= 11 is 5.34. The number of anilines is 1. The van der Waals surface area contributed by atoms with E-state index in [1.807, 2.05) is 45.9 Å². The van der Waals surface area contributed by atoms with Crippen LogP contribution in [0.5, 0.6) is 0 Å². The summed E-state index contributed by atoms with van der Waals surface area (Å²) in [6.07, 6.45) is 0.615. The van der Waals surface area contributed by atoms with Crippen LogP contribution in [0.25, 0.3) is 0 Å². The summed E-state index contributed by atoms with van der Waals surface area (Å²) in [5.41, 5.74) is 2.64. The van der Waals surface area contributed by atoms with Crippen molar-refractivity contribution in [2.75, 3.05) is 19.0 Å². The second kappa shape index (κ2) is 8.89. The molecule has 3 unspecified atom stereocenters. The van der Waals surface area contributed by atoms with Crippen molar-refractivity contribution in [3.05, 3.63) is 29.3 Å². The first-order chi connectivity index (χ1) is 15.6. The first kappa shape index (κ1) is 24.5. The van der Waals surface area contributed by atoms with Crippen LogP contribution in [-0.4, -0.2) is 68.3 Å². The number of thioether (sulfide) groups is 1. The number of aryl methyl sites for hydroxylation is 2. The fourth-order valence-electron chi connectivity index (χ4n) is 6.01. The SMILES string of the molecule is CNC(=O)[C@H]1[C@@H]2SC3(CC2Br)C(C(=O)Nc2c(C)cccc2C)N([C@@H](CO)C(C)C)C(=O)[C@H]13. The van der Waals surface area contributed by atoms with E-state index in [1.165, 1.54) is 0 Å². The Morgan fingerprint density at radius 1 is 1.27 bits per heavy atom. The van der Waals surface area contributed by atoms with Crippen LogP contribution in [0.2, 0.25) is 0 Å². The fraction of sp³-hybridized carbons (Fsp3) is 0.625. The fourth-order valence-corrected chi connectivity index (χ4v) is 9.61. The molecule has 3 heterocycles. The normalized spacial score (nSPS) is 33.4. The first-order valence-electron chi connectivity index (χ1n) is 11.4. The van der Waals surface area contributed by atoms with Gasteiger partial charge in [-0.05, 0) is 37.3 Å². The highest BCUT2D eigenvalue weighted by atomic mass is 79.9. The number of likely N-dealkylation sites (tertiary alicyclic amines) is 1. The summed E-state index contributed by atoms with van der Waals surface area (Å²) in [5, 5.41) is 16.0. The Morgan fingerprint density at radius 2 is 1.91 bits per heavy atom. The molecule has 1 aromatic rings. The Balaban J connectivity index is 1.82. The molecule has 180 valence electrons. The third kappa shape index (κ3) is 3.62. The van der Waals surface area contributed by atoms with E-state index in [1.54, 1.807) is 23.7 Å². The first-order valence-corrected chi connectivity index (χ1v) is 13.2. The molecule has 3 aliphatic heterocycles. The van der Waals surface area contributed by atoms with E-state index in [4.69, 9.17) is 0 Å². The molecule has 3 saturated heterocycles. The number of nitrogens with one attached hydrogen (secondary N) is 2. The zero-order chi connectivity index (χ0) is 24.2. The number of rotatable bonds is 6. The van der Waals surface area contributed by atoms with Crippen molar-refractivity contribution >= 4 is 51.1 Å². The molecule has 9 heteroatoms. The summed E-state index contributed by atoms with van der Waals surface area (Å²) in [7, 11) is 1.59. The van der Waals surface area contributed by atoms with Crippen molar-refractivity contribution < 1.29 is 19.5 Å². The van der Waals surface area contributed by atoms with Gasteiger partial charge in [-0.25, -0.2) is 0 Å². The summed E-state index contributed by atoms with van der Waals surface area (Å²) in [6, 6.07) is 4.54. The van der Waals surface area contributed by atoms with Crippen LogP contribution in [0.15, 0.2) is 18.2 Å². The second-order valence-corrected chi connectivity index (χ2v) is 12.5. The van der Waals surface area contributed by atoms with Gasteiger partial charge in [0, 0.05) is 22.8 Å². The van der Waals surface area contributed by atoms with Crippen molar-refractivity contribution in [2.24, 2.45) is 17.8 Å². The molecule has 7 nitrogen and oxygen atoms in total. The van der Waals surface area contributed by atoms with E-state index in [0.29, 0.717) is 6.42 Å². The number of hydrogen-bond donors (Lipinski definition) is 3. The lowest BCUT2D eigenvalue weighted by molar-refractivity contribution is -0.142. The average Bonchev–Trinajstić information content (AvgIpc) is 3.34. The molecule has 0 aromatic heterocycles. The molecule has 2 bridgehead atoms. The number of amides is 3. The van der Waals surface area contributed by atoms with Crippen molar-refractivity contribution in [2.45, 2.75) is 61.0 Å². The van der Waals surface area contributed by atoms with Gasteiger partial charge in [0.15, 0.2) is 0 Å². The third-order valence-electron chi connectivity index (χ3n) is 7.57. The number of aliphatic hydroxyl groups excluding tert-OH is 1. The second-order valence-electron chi connectivity index (χ2n) is 9.77. The van der Waals surface area contributed by atoms with E-state index < -0.39 is 28.7 Å². The smallest absolute Gasteiger partial charge is 0.248 e. The van der Waals surface area contributed by atoms with Crippen LogP contribution in [0.4, 0.5) is 5.69 Å². The van der Waals surface area contributed by atoms with Crippen LogP contribution in [0.3, 0.4) is 0 Å². The van der Waals surface area contributed by atoms with Gasteiger partial charge in [-0.2, -0.15) is 0 Å². The van der Waals surface area contributed by atoms with Gasteiger partial charge in [-0.15, -0.1) is 11.8 Å². The molecule has 7 atom stereocenters. The zero-order valence-electron chi connectivity index (χ0n) is 19.6. The van der Waals surface area contributed by atoms with E-state index in [0.717, 1.165) is 16.8 Å². The molecule has 0 radical (unpaired) electrons. The monoisotopic (exact) mass is 537 g/mol. The van der Waals surface area contributed by atoms with Crippen LogP contribution in [0.1, 0.15) is 31.4 Å². The predicted molar refractivity (Wildman–Crippen MR) is 133 cm³/mol. The Kier molecular flexibility index (Phi) is 6.61. The van der Waals surface area contributed by atoms with Crippen molar-refractivity contribution in [3.8, 4) is 0 Å². The quantitative estimate of drug-likeness (QED) is 0.484. The Bertz CT molecular complexity index is 968. The molecule has 3 N–H and O–H groups in total. The molecular formula is C24H32BrN3O4S. The number of carbonyl (C=O) groups excluding carboxylic acids is 3. The molecule has 3 aliphatic rings. The van der Waals surface area contributed by atoms with Gasteiger partial charge >= 0.3 is 0 Å². The Morgan fingerprint density at radius 3 is 2.45 bits per heavy atom. The maximum atomic E-state index is 14.0. The molecule has 1 aromatic carbocycles. The van der Waals surface area contributed by atoms with Crippen molar-refractivity contribution in [3.63, 3.8) is 0 Å². The number of alkyl halides is 1. The molecule has 33 heavy (non-hydrogen) atoms. The van der Waals surface area contributed by atoms with Crippen LogP contribution < -0.4 is 10.6 Å². The van der Waals surface area contributed by atoms with Crippen LogP contribution >= 0.6 is 27.7 Å². The van der Waals surface area contributed by atoms with Gasteiger partial charge in [0.1, 0.15) is 6.04 Å². The highest BCUT2D eigenvalue weighted by Crippen LogP contribution is 2.68. The highest BCUT2D eigenvalue weighted by Gasteiger charge is 2.76. The summed E-state index contributed by atoms with van der Waals surface area (Å²) in [4.78, 5) is 42.5. The topological polar surface area (TPSA) is 98.7 Å². The Labute approximate surface area is 207 Å². The van der Waals surface area contributed by atoms with Crippen LogP contribution in [0, 0.1) is 31.6 Å². The standard InChI is InChI=1S/C24H32BrN3O4S/c1-11(2)15(10-29)28-20(22(31)27-18-12(3)7-6-8-13(18)4)24-9-14(25)19(33-24)16(21(30)26-5)17(24)23(28)32/h6-8,11,14-17,19-20,29H,9-10H2,1-5H3,(H,26,30)(H,27,31)/t14?,15-,16+,17-,19+,20?,24?/m0/s1. The molecule has 4 rings (SSSR count). The maximum absolute atomic E-state index is 14.0. The highest BCUT2D eigenvalue weighted by molar-refractivity contribution is 9.09. The predicted octanol–water partition coefficient (Wildman–Crippen LogP) is 2.47. The molecule has 0 aliphatic carbocycles. The molecular weight excluding hydrogens is 506 g/mol. The lowest BCUT2D eigenvalue weighted by Crippen LogP contribution is -2.56. The summed E-state index contributed by atoms with van der Waals surface area (Å²) in [5.74, 6) is -1.79. The van der Waals surface area contributed by atoms with Gasteiger partial charge in [0.05, 0.1) is 29.2 Å². The number of aliphatic hydroxyl groups is 1. The number of carbonyl (C=O) groups is 3. The minimum atomic E-state index is -0.779. The number of halogens is 1. The van der Waals surface area contributed by atoms with Gasteiger partial charge in [0.2, 0.25) is 17.7 Å². The number of nitrogens with zero attached hydrogens (tertiary/aromatic N) is 1. The molecule has 0 saturated carbocycles. The molecule has 3 fully saturated rings. The largest absolute Gasteiger partial charge is 0.394 e. The van der Waals surface area contributed by atoms with Gasteiger partial charge in [-0.1, -0.05) is 48.0 Å². The number of fused-ring (bicyclic) bond motifs is 1. The minimum absolute atomic E-state index is 0.0240. The van der Waals surface area contributed by atoms with Gasteiger partial charge in [-0.3, -0.25) is 14.4 Å². The average molecular weight is 539 g/mol. The zero-order valence-corrected chi connectivity index (χ0v) is 22.0. The van der Waals surface area contributed by atoms with E-state index >= 15 is 0 Å². The number of hydrogen-bond acceptors (Lipinski definition) is 5. The van der Waals surface area contributed by atoms with E-state index in [9.17, 15) is 19.5 Å². The summed E-state index contributed by atoms with van der Waals surface area (Å²) in [6.45, 7) is 7.52. The Hall–Kier alpha value is -1.58. The van der Waals surface area contributed by atoms with Gasteiger partial charge < -0.3 is 20.6 Å². The maximum Gasteiger partial charge on any atom is 0.248 e. The van der Waals surface area contributed by atoms with Crippen molar-refractivity contribution in [1.82, 2.24) is 10.2 Å². The molecule has 3 amide bonds. The van der Waals surface area contributed by atoms with E-state index in [2.05, 4.69) is 26.6 Å². The lowest BCUT2D eigenvalue weighted by Gasteiger charge is -2.38. The molecule has 1 spiro atoms. The number of para-hydroxylation sites is 1. The number of benzene rings is 1. The lowest BCUT2D eigenvalue weighted by atomic mass is 9.70. The van der Waals surface area contributed by atoms with Crippen molar-refractivity contribution in [1.29, 1.82) is 0 Å². The third-order valence-corrected chi connectivity index (χ3v) is 10.8. The summed E-state index contributed by atoms with van der Waals surface area (Å²) < 4.78 is -0.726.